The highest BCUT2D eigenvalue weighted by Crippen LogP contribution is 2.27. The fourth-order valence-electron chi connectivity index (χ4n) is 2.44. The Kier molecular flexibility index (Phi) is 5.01. The maximum Gasteiger partial charge on any atom is 0.150 e. The van der Waals surface area contributed by atoms with Gasteiger partial charge in [0, 0.05) is 12.1 Å². The Labute approximate surface area is 124 Å². The molecule has 0 radical (unpaired) electrons. The lowest BCUT2D eigenvalue weighted by Crippen LogP contribution is -2.32. The number of aromatic nitrogens is 2. The van der Waals surface area contributed by atoms with Crippen molar-refractivity contribution >= 4 is 23.2 Å². The van der Waals surface area contributed by atoms with Gasteiger partial charge in [-0.25, -0.2) is 9.97 Å². The summed E-state index contributed by atoms with van der Waals surface area (Å²) in [5.41, 5.74) is 0.830. The van der Waals surface area contributed by atoms with Crippen LogP contribution in [0.5, 0.6) is 0 Å². The van der Waals surface area contributed by atoms with Gasteiger partial charge in [-0.1, -0.05) is 30.1 Å². The topological polar surface area (TPSA) is 32.3 Å². The Morgan fingerprint density at radius 2 is 1.79 bits per heavy atom. The summed E-state index contributed by atoms with van der Waals surface area (Å²) in [6.07, 6.45) is 1.90. The van der Waals surface area contributed by atoms with Crippen LogP contribution in [0.15, 0.2) is 0 Å². The fourth-order valence-corrected chi connectivity index (χ4v) is 3.11. The molecule has 1 saturated heterocycles. The van der Waals surface area contributed by atoms with Crippen molar-refractivity contribution in [2.75, 3.05) is 33.7 Å². The molecule has 1 atom stereocenters. The summed E-state index contributed by atoms with van der Waals surface area (Å²) < 4.78 is 0. The summed E-state index contributed by atoms with van der Waals surface area (Å²) >= 11 is 12.4. The second-order valence-electron chi connectivity index (χ2n) is 5.11. The van der Waals surface area contributed by atoms with Crippen LogP contribution >= 0.6 is 23.2 Å². The number of nitrogens with zero attached hydrogens (tertiary/aromatic N) is 4. The minimum atomic E-state index is 0.147. The van der Waals surface area contributed by atoms with Crippen LogP contribution in [0, 0.1) is 0 Å². The van der Waals surface area contributed by atoms with Crippen LogP contribution in [0.3, 0.4) is 0 Å². The van der Waals surface area contributed by atoms with E-state index < -0.39 is 0 Å². The maximum absolute atomic E-state index is 6.21. The maximum atomic E-state index is 6.21. The third-order valence-electron chi connectivity index (χ3n) is 3.64. The van der Waals surface area contributed by atoms with E-state index in [-0.39, 0.29) is 6.04 Å². The van der Waals surface area contributed by atoms with Gasteiger partial charge in [-0.2, -0.15) is 0 Å². The lowest BCUT2D eigenvalue weighted by atomic mass is 10.2. The van der Waals surface area contributed by atoms with Crippen molar-refractivity contribution in [2.45, 2.75) is 25.8 Å². The molecule has 0 N–H and O–H groups in total. The highest BCUT2D eigenvalue weighted by molar-refractivity contribution is 6.34. The number of rotatable bonds is 2. The first kappa shape index (κ1) is 15.0. The molecule has 2 rings (SSSR count). The van der Waals surface area contributed by atoms with Crippen LogP contribution in [0.25, 0.3) is 0 Å². The first-order chi connectivity index (χ1) is 9.02. The average Bonchev–Trinajstić information content (AvgIpc) is 2.51. The fraction of sp³-hybridized carbons (Fsp3) is 0.692. The average molecular weight is 303 g/mol. The zero-order valence-corrected chi connectivity index (χ0v) is 13.2. The largest absolute Gasteiger partial charge is 0.304 e. The molecule has 0 bridgehead atoms. The molecule has 0 amide bonds. The monoisotopic (exact) mass is 302 g/mol. The number of likely N-dealkylation sites (N-methyl/N-ethyl adjacent to an activating group) is 2. The summed E-state index contributed by atoms with van der Waals surface area (Å²) in [5.74, 6) is 0.725. The summed E-state index contributed by atoms with van der Waals surface area (Å²) in [7, 11) is 4.22. The van der Waals surface area contributed by atoms with Gasteiger partial charge >= 0.3 is 0 Å². The lowest BCUT2D eigenvalue weighted by molar-refractivity contribution is 0.219. The van der Waals surface area contributed by atoms with Crippen molar-refractivity contribution in [3.8, 4) is 0 Å². The van der Waals surface area contributed by atoms with E-state index in [0.29, 0.717) is 10.3 Å². The summed E-state index contributed by atoms with van der Waals surface area (Å²) in [5, 5.41) is 0.968. The van der Waals surface area contributed by atoms with E-state index in [1.165, 1.54) is 0 Å². The normalized spacial score (nSPS) is 22.5. The molecule has 1 unspecified atom stereocenters. The minimum Gasteiger partial charge on any atom is -0.304 e. The molecule has 19 heavy (non-hydrogen) atoms. The van der Waals surface area contributed by atoms with E-state index in [2.05, 4.69) is 33.9 Å². The molecular formula is C13H20Cl2N4. The predicted molar refractivity (Wildman–Crippen MR) is 78.9 cm³/mol. The molecular weight excluding hydrogens is 283 g/mol. The molecule has 1 aromatic rings. The molecule has 1 aliphatic rings. The number of hydrogen-bond donors (Lipinski definition) is 0. The molecule has 1 aliphatic heterocycles. The third-order valence-corrected chi connectivity index (χ3v) is 4.27. The van der Waals surface area contributed by atoms with Crippen LogP contribution in [-0.4, -0.2) is 53.5 Å². The molecule has 0 spiro atoms. The molecule has 4 nitrogen and oxygen atoms in total. The Morgan fingerprint density at radius 3 is 2.37 bits per heavy atom. The number of hydrogen-bond acceptors (Lipinski definition) is 4. The Morgan fingerprint density at radius 1 is 1.16 bits per heavy atom. The van der Waals surface area contributed by atoms with Gasteiger partial charge in [0.2, 0.25) is 0 Å². The SMILES string of the molecule is CCc1c(Cl)nc(C2CN(C)CCCN2C)nc1Cl. The molecule has 106 valence electrons. The van der Waals surface area contributed by atoms with Crippen molar-refractivity contribution in [1.29, 1.82) is 0 Å². The van der Waals surface area contributed by atoms with E-state index in [1.54, 1.807) is 0 Å². The second-order valence-corrected chi connectivity index (χ2v) is 5.82. The van der Waals surface area contributed by atoms with Crippen LogP contribution in [-0.2, 0) is 6.42 Å². The summed E-state index contributed by atoms with van der Waals surface area (Å²) in [6.45, 7) is 5.02. The van der Waals surface area contributed by atoms with Crippen molar-refractivity contribution in [3.05, 3.63) is 21.7 Å². The lowest BCUT2D eigenvalue weighted by Gasteiger charge is -2.26. The van der Waals surface area contributed by atoms with E-state index in [9.17, 15) is 0 Å². The molecule has 2 heterocycles. The van der Waals surface area contributed by atoms with Crippen LogP contribution < -0.4 is 0 Å². The van der Waals surface area contributed by atoms with Gasteiger partial charge in [0.15, 0.2) is 0 Å². The summed E-state index contributed by atoms with van der Waals surface area (Å²) in [4.78, 5) is 13.5. The molecule has 0 aromatic carbocycles. The zero-order chi connectivity index (χ0) is 14.0. The van der Waals surface area contributed by atoms with Gasteiger partial charge in [-0.15, -0.1) is 0 Å². The smallest absolute Gasteiger partial charge is 0.150 e. The van der Waals surface area contributed by atoms with Crippen molar-refractivity contribution in [2.24, 2.45) is 0 Å². The third kappa shape index (κ3) is 3.37. The first-order valence-corrected chi connectivity index (χ1v) is 7.39. The van der Waals surface area contributed by atoms with Gasteiger partial charge in [-0.05, 0) is 40.0 Å². The second kappa shape index (κ2) is 6.35. The summed E-state index contributed by atoms with van der Waals surface area (Å²) in [6, 6.07) is 0.147. The quantitative estimate of drug-likeness (QED) is 0.786. The zero-order valence-electron chi connectivity index (χ0n) is 11.7. The first-order valence-electron chi connectivity index (χ1n) is 6.63. The van der Waals surface area contributed by atoms with Crippen molar-refractivity contribution < 1.29 is 0 Å². The van der Waals surface area contributed by atoms with E-state index in [1.807, 2.05) is 6.92 Å². The van der Waals surface area contributed by atoms with E-state index >= 15 is 0 Å². The molecule has 6 heteroatoms. The number of halogens is 2. The Bertz CT molecular complexity index is 429. The Hall–Kier alpha value is -0.420. The molecule has 0 aliphatic carbocycles. The predicted octanol–water partition coefficient (Wildman–Crippen LogP) is 2.65. The van der Waals surface area contributed by atoms with Gasteiger partial charge in [0.1, 0.15) is 16.1 Å². The van der Waals surface area contributed by atoms with Gasteiger partial charge in [0.05, 0.1) is 6.04 Å². The van der Waals surface area contributed by atoms with Crippen molar-refractivity contribution in [1.82, 2.24) is 19.8 Å². The van der Waals surface area contributed by atoms with Gasteiger partial charge in [-0.3, -0.25) is 4.90 Å². The molecule has 1 aromatic heterocycles. The van der Waals surface area contributed by atoms with E-state index in [4.69, 9.17) is 23.2 Å². The van der Waals surface area contributed by atoms with Gasteiger partial charge in [0.25, 0.3) is 0 Å². The van der Waals surface area contributed by atoms with Crippen LogP contribution in [0.2, 0.25) is 10.3 Å². The molecule has 0 saturated carbocycles. The van der Waals surface area contributed by atoms with E-state index in [0.717, 1.165) is 43.9 Å². The van der Waals surface area contributed by atoms with Gasteiger partial charge < -0.3 is 4.90 Å². The van der Waals surface area contributed by atoms with Crippen LogP contribution in [0.1, 0.15) is 30.8 Å². The standard InChI is InChI=1S/C13H20Cl2N4/c1-4-9-11(14)16-13(17-12(9)15)10-8-18(2)6-5-7-19(10)3/h10H,4-8H2,1-3H3. The minimum absolute atomic E-state index is 0.147. The molecule has 1 fully saturated rings. The van der Waals surface area contributed by atoms with Crippen LogP contribution in [0.4, 0.5) is 0 Å². The highest BCUT2D eigenvalue weighted by atomic mass is 35.5. The highest BCUT2D eigenvalue weighted by Gasteiger charge is 2.25. The van der Waals surface area contributed by atoms with Crippen molar-refractivity contribution in [3.63, 3.8) is 0 Å². The Balaban J connectivity index is 2.34.